The molecule has 1 aliphatic rings. The van der Waals surface area contributed by atoms with Gasteiger partial charge in [-0.1, -0.05) is 0 Å². The van der Waals surface area contributed by atoms with Gasteiger partial charge in [-0.2, -0.15) is 0 Å². The zero-order valence-electron chi connectivity index (χ0n) is 12.3. The highest BCUT2D eigenvalue weighted by atomic mass is 16.6. The molecule has 0 atom stereocenters. The number of aromatic nitrogens is 1. The minimum atomic E-state index is -0.489. The molecule has 1 amide bonds. The van der Waals surface area contributed by atoms with Gasteiger partial charge in [-0.05, 0) is 50.3 Å². The molecule has 0 aromatic carbocycles. The Morgan fingerprint density at radius 3 is 2.85 bits per heavy atom. The van der Waals surface area contributed by atoms with Crippen LogP contribution in [0.4, 0.5) is 4.79 Å². The first-order chi connectivity index (χ1) is 9.40. The van der Waals surface area contributed by atoms with Crippen LogP contribution in [0.3, 0.4) is 0 Å². The van der Waals surface area contributed by atoms with Gasteiger partial charge in [0.25, 0.3) is 0 Å². The van der Waals surface area contributed by atoms with E-state index in [2.05, 4.69) is 4.98 Å². The van der Waals surface area contributed by atoms with E-state index in [9.17, 15) is 9.90 Å². The zero-order chi connectivity index (χ0) is 14.8. The number of nitrogens with zero attached hydrogens (tertiary/aromatic N) is 2. The molecule has 5 nitrogen and oxygen atoms in total. The Morgan fingerprint density at radius 1 is 1.45 bits per heavy atom. The maximum absolute atomic E-state index is 12.2. The second kappa shape index (κ2) is 5.79. The Kier molecular flexibility index (Phi) is 4.28. The number of amides is 1. The van der Waals surface area contributed by atoms with E-state index in [1.807, 2.05) is 20.8 Å². The molecule has 2 rings (SSSR count). The minimum Gasteiger partial charge on any atom is -0.444 e. The van der Waals surface area contributed by atoms with Crippen molar-refractivity contribution in [2.75, 3.05) is 6.54 Å². The van der Waals surface area contributed by atoms with Crippen LogP contribution in [0.25, 0.3) is 0 Å². The van der Waals surface area contributed by atoms with Gasteiger partial charge in [0.15, 0.2) is 0 Å². The summed E-state index contributed by atoms with van der Waals surface area (Å²) in [4.78, 5) is 18.0. The van der Waals surface area contributed by atoms with E-state index < -0.39 is 5.60 Å². The summed E-state index contributed by atoms with van der Waals surface area (Å²) in [5, 5.41) is 9.37. The molecule has 0 saturated carbocycles. The van der Waals surface area contributed by atoms with E-state index in [0.717, 1.165) is 29.5 Å². The molecule has 1 aromatic heterocycles. The van der Waals surface area contributed by atoms with Gasteiger partial charge in [-0.3, -0.25) is 4.98 Å². The molecule has 0 aliphatic carbocycles. The SMILES string of the molecule is CC(C)(C)OC(=O)N1CCCc2c(CO)cncc2C1. The molecule has 0 fully saturated rings. The van der Waals surface area contributed by atoms with Crippen molar-refractivity contribution < 1.29 is 14.6 Å². The van der Waals surface area contributed by atoms with Crippen molar-refractivity contribution in [2.45, 2.75) is 52.4 Å². The number of pyridine rings is 1. The largest absolute Gasteiger partial charge is 0.444 e. The minimum absolute atomic E-state index is 0.0113. The quantitative estimate of drug-likeness (QED) is 0.856. The van der Waals surface area contributed by atoms with Gasteiger partial charge in [-0.15, -0.1) is 0 Å². The van der Waals surface area contributed by atoms with Gasteiger partial charge >= 0.3 is 6.09 Å². The summed E-state index contributed by atoms with van der Waals surface area (Å²) in [6.07, 6.45) is 4.90. The third-order valence-electron chi connectivity index (χ3n) is 3.27. The number of hydrogen-bond donors (Lipinski definition) is 1. The molecule has 1 N–H and O–H groups in total. The first-order valence-electron chi connectivity index (χ1n) is 6.94. The van der Waals surface area contributed by atoms with Crippen molar-refractivity contribution in [3.8, 4) is 0 Å². The van der Waals surface area contributed by atoms with Crippen molar-refractivity contribution in [1.82, 2.24) is 9.88 Å². The zero-order valence-corrected chi connectivity index (χ0v) is 12.3. The van der Waals surface area contributed by atoms with Crippen LogP contribution in [-0.2, 0) is 24.3 Å². The van der Waals surface area contributed by atoms with Crippen LogP contribution in [0.5, 0.6) is 0 Å². The Morgan fingerprint density at radius 2 is 2.20 bits per heavy atom. The predicted octanol–water partition coefficient (Wildman–Crippen LogP) is 2.26. The number of rotatable bonds is 1. The van der Waals surface area contributed by atoms with Gasteiger partial charge < -0.3 is 14.7 Å². The lowest BCUT2D eigenvalue weighted by atomic mass is 10.0. The predicted molar refractivity (Wildman–Crippen MR) is 75.1 cm³/mol. The molecule has 20 heavy (non-hydrogen) atoms. The third-order valence-corrected chi connectivity index (χ3v) is 3.27. The van der Waals surface area contributed by atoms with Crippen molar-refractivity contribution in [3.63, 3.8) is 0 Å². The Hall–Kier alpha value is -1.62. The molecule has 5 heteroatoms. The molecule has 0 unspecified atom stereocenters. The summed E-state index contributed by atoms with van der Waals surface area (Å²) in [7, 11) is 0. The number of aliphatic hydroxyl groups excluding tert-OH is 1. The first kappa shape index (κ1) is 14.8. The van der Waals surface area contributed by atoms with Crippen molar-refractivity contribution in [1.29, 1.82) is 0 Å². The number of carbonyl (C=O) groups excluding carboxylic acids is 1. The van der Waals surface area contributed by atoms with Crippen molar-refractivity contribution in [2.24, 2.45) is 0 Å². The van der Waals surface area contributed by atoms with Gasteiger partial charge in [-0.25, -0.2) is 4.79 Å². The summed E-state index contributed by atoms with van der Waals surface area (Å²) in [5.74, 6) is 0. The highest BCUT2D eigenvalue weighted by molar-refractivity contribution is 5.68. The van der Waals surface area contributed by atoms with E-state index in [-0.39, 0.29) is 12.7 Å². The van der Waals surface area contributed by atoms with Crippen LogP contribution in [0.1, 0.15) is 43.9 Å². The average molecular weight is 278 g/mol. The van der Waals surface area contributed by atoms with Crippen LogP contribution >= 0.6 is 0 Å². The summed E-state index contributed by atoms with van der Waals surface area (Å²) in [6, 6.07) is 0. The maximum Gasteiger partial charge on any atom is 0.410 e. The fraction of sp³-hybridized carbons (Fsp3) is 0.600. The maximum atomic E-state index is 12.2. The van der Waals surface area contributed by atoms with E-state index >= 15 is 0 Å². The highest BCUT2D eigenvalue weighted by Crippen LogP contribution is 2.22. The average Bonchev–Trinajstić information content (AvgIpc) is 2.58. The Labute approximate surface area is 119 Å². The standard InChI is InChI=1S/C15H22N2O3/c1-15(2,3)20-14(19)17-6-4-5-13-11(9-17)7-16-8-12(13)10-18/h7-8,18H,4-6,9-10H2,1-3H3. The van der Waals surface area contributed by atoms with E-state index in [1.165, 1.54) is 0 Å². The smallest absolute Gasteiger partial charge is 0.410 e. The number of aliphatic hydroxyl groups is 1. The van der Waals surface area contributed by atoms with Crippen LogP contribution in [0.15, 0.2) is 12.4 Å². The molecular weight excluding hydrogens is 256 g/mol. The summed E-state index contributed by atoms with van der Waals surface area (Å²) < 4.78 is 5.42. The molecule has 0 radical (unpaired) electrons. The van der Waals surface area contributed by atoms with Crippen LogP contribution < -0.4 is 0 Å². The fourth-order valence-electron chi connectivity index (χ4n) is 2.39. The Bertz CT molecular complexity index is 494. The lowest BCUT2D eigenvalue weighted by Crippen LogP contribution is -2.36. The molecule has 0 spiro atoms. The molecule has 2 heterocycles. The second-order valence-electron chi connectivity index (χ2n) is 6.10. The van der Waals surface area contributed by atoms with Crippen LogP contribution in [-0.4, -0.2) is 33.2 Å². The molecular formula is C15H22N2O3. The van der Waals surface area contributed by atoms with Crippen molar-refractivity contribution >= 4 is 6.09 Å². The molecule has 110 valence electrons. The summed E-state index contributed by atoms with van der Waals surface area (Å²) in [6.45, 7) is 6.73. The normalized spacial score (nSPS) is 15.5. The number of hydrogen-bond acceptors (Lipinski definition) is 4. The molecule has 1 aliphatic heterocycles. The molecule has 0 bridgehead atoms. The van der Waals surface area contributed by atoms with Crippen LogP contribution in [0.2, 0.25) is 0 Å². The van der Waals surface area contributed by atoms with Gasteiger partial charge in [0.1, 0.15) is 5.60 Å². The number of ether oxygens (including phenoxy) is 1. The monoisotopic (exact) mass is 278 g/mol. The fourth-order valence-corrected chi connectivity index (χ4v) is 2.39. The molecule has 1 aromatic rings. The Balaban J connectivity index is 2.18. The van der Waals surface area contributed by atoms with E-state index in [0.29, 0.717) is 13.1 Å². The molecule has 0 saturated heterocycles. The summed E-state index contributed by atoms with van der Waals surface area (Å²) in [5.41, 5.74) is 2.49. The number of fused-ring (bicyclic) bond motifs is 1. The summed E-state index contributed by atoms with van der Waals surface area (Å²) >= 11 is 0. The lowest BCUT2D eigenvalue weighted by molar-refractivity contribution is 0.0236. The van der Waals surface area contributed by atoms with Gasteiger partial charge in [0, 0.05) is 18.9 Å². The highest BCUT2D eigenvalue weighted by Gasteiger charge is 2.25. The van der Waals surface area contributed by atoms with E-state index in [1.54, 1.807) is 17.3 Å². The first-order valence-corrected chi connectivity index (χ1v) is 6.94. The second-order valence-corrected chi connectivity index (χ2v) is 6.10. The van der Waals surface area contributed by atoms with Gasteiger partial charge in [0.2, 0.25) is 0 Å². The lowest BCUT2D eigenvalue weighted by Gasteiger charge is -2.26. The van der Waals surface area contributed by atoms with Crippen LogP contribution in [0, 0.1) is 0 Å². The third kappa shape index (κ3) is 3.48. The topological polar surface area (TPSA) is 62.7 Å². The van der Waals surface area contributed by atoms with Crippen molar-refractivity contribution in [3.05, 3.63) is 29.1 Å². The number of carbonyl (C=O) groups is 1. The van der Waals surface area contributed by atoms with Gasteiger partial charge in [0.05, 0.1) is 13.2 Å². The van der Waals surface area contributed by atoms with E-state index in [4.69, 9.17) is 4.74 Å².